The second-order valence-corrected chi connectivity index (χ2v) is 27.8. The van der Waals surface area contributed by atoms with Crippen LogP contribution in [0.15, 0.2) is 272 Å². The molecule has 4 aliphatic heterocycles. The maximum Gasteiger partial charge on any atom is 0.252 e. The minimum absolute atomic E-state index is 0.0495. The van der Waals surface area contributed by atoms with Gasteiger partial charge in [0.15, 0.2) is 0 Å². The summed E-state index contributed by atoms with van der Waals surface area (Å²) in [6.07, 6.45) is 4.74. The fraction of sp³-hybridized carbons (Fsp3) is 0.191. The van der Waals surface area contributed by atoms with Crippen LogP contribution in [0.3, 0.4) is 0 Å². The van der Waals surface area contributed by atoms with Crippen LogP contribution in [-0.2, 0) is 10.8 Å². The van der Waals surface area contributed by atoms with Crippen LogP contribution < -0.4 is 31.1 Å². The summed E-state index contributed by atoms with van der Waals surface area (Å²) in [7, 11) is 0. The maximum atomic E-state index is 10.0. The molecule has 6 aliphatic rings. The van der Waals surface area contributed by atoms with Crippen molar-refractivity contribution in [2.45, 2.75) is 96.6 Å². The first-order valence-electron chi connectivity index (χ1n) is 44.8. The predicted molar refractivity (Wildman–Crippen MR) is 400 cm³/mol. The molecule has 5 heterocycles. The molecule has 0 N–H and O–H groups in total. The van der Waals surface area contributed by atoms with Crippen molar-refractivity contribution in [3.05, 3.63) is 284 Å². The molecule has 0 atom stereocenters. The number of benzene rings is 12. The number of fused-ring (bicyclic) bond motifs is 7. The monoisotopic (exact) mass is 1240 g/mol. The summed E-state index contributed by atoms with van der Waals surface area (Å²) >= 11 is 0. The van der Waals surface area contributed by atoms with Gasteiger partial charge in [0.25, 0.3) is 6.71 Å². The smallest absolute Gasteiger partial charge is 0.252 e. The molecule has 13 aromatic rings. The molecule has 2 aliphatic carbocycles. The summed E-state index contributed by atoms with van der Waals surface area (Å²) in [6.45, 7) is 11.8. The summed E-state index contributed by atoms with van der Waals surface area (Å²) in [5, 5.41) is 1.83. The Hall–Kier alpha value is -10.1. The first-order valence-corrected chi connectivity index (χ1v) is 32.3. The van der Waals surface area contributed by atoms with Crippen LogP contribution in [-0.4, -0.2) is 23.4 Å². The van der Waals surface area contributed by atoms with E-state index >= 15 is 0 Å². The lowest BCUT2D eigenvalue weighted by molar-refractivity contribution is 0.0900. The Labute approximate surface area is 589 Å². The third-order valence-corrected chi connectivity index (χ3v) is 20.4. The van der Waals surface area contributed by atoms with Gasteiger partial charge in [-0.25, -0.2) is 0 Å². The van der Waals surface area contributed by atoms with Gasteiger partial charge in [0.05, 0.1) is 56.7 Å². The SMILES string of the molecule is [2H]c1c([2H])c([2H])c(-c2cc3c4c(c2)N(c2c(-c5c([2H])c([2H])c([2H])c([2H])c5[2H])cccc2-c2c([2H])c([2H])c([2H])c([2H])c2[2H])c2cc(-n5c6ccc(C(C)(C)C)cc6c6cc(C(C)(C)C)ccc65)ccc2B4c2ccc(N4C5CC6CC(C5)CC4C6)cc2N3c2c(-c3c([2H])c([2H])c([2H])c([2H])c3[2H])cccc2-c2c([2H])c([2H])c([2H])c([2H])c2[2H])c([2H])c1[2H]. The van der Waals surface area contributed by atoms with Crippen molar-refractivity contribution in [2.24, 2.45) is 11.8 Å². The lowest BCUT2D eigenvalue weighted by Crippen LogP contribution is -2.62. The van der Waals surface area contributed by atoms with Crippen molar-refractivity contribution in [3.8, 4) is 61.3 Å². The number of hydrogen-bond donors (Lipinski definition) is 0. The molecule has 5 heteroatoms. The molecule has 4 nitrogen and oxygen atoms in total. The van der Waals surface area contributed by atoms with Gasteiger partial charge in [0, 0.05) is 79.2 Å². The quantitative estimate of drug-likeness (QED) is 0.134. The van der Waals surface area contributed by atoms with E-state index in [1.807, 2.05) is 30.3 Å². The van der Waals surface area contributed by atoms with Crippen molar-refractivity contribution in [3.63, 3.8) is 0 Å². The van der Waals surface area contributed by atoms with Crippen molar-refractivity contribution in [1.82, 2.24) is 4.57 Å². The fourth-order valence-electron chi connectivity index (χ4n) is 16.4. The Kier molecular flexibility index (Phi) is 8.42. The Morgan fingerprint density at radius 1 is 0.362 bits per heavy atom. The second-order valence-electron chi connectivity index (χ2n) is 27.8. The van der Waals surface area contributed by atoms with Gasteiger partial charge in [-0.2, -0.15) is 0 Å². The molecular weight excluding hydrogens is 1140 g/mol. The summed E-state index contributed by atoms with van der Waals surface area (Å²) < 4.78 is 240. The minimum atomic E-state index is -1.06. The first-order chi connectivity index (χ1) is 56.2. The van der Waals surface area contributed by atoms with Crippen molar-refractivity contribution < 1.29 is 34.3 Å². The lowest BCUT2D eigenvalue weighted by atomic mass is 9.33. The van der Waals surface area contributed by atoms with E-state index in [2.05, 4.69) is 93.5 Å². The van der Waals surface area contributed by atoms with E-state index in [1.54, 1.807) is 21.9 Å². The van der Waals surface area contributed by atoms with E-state index in [1.165, 1.54) is 36.4 Å². The number of anilines is 7. The standard InChI is InChI=1S/C89H77BN4/c1-88(2,3)65-38-44-79-75(53-65)76-54-66(89(4,5)6)39-45-80(76)92(79)68-41-43-78-82(56-68)94(87-73(62-30-18-10-19-31-62)36-23-37-74(87)63-32-20-11-21-33-63)84-52-64(59-24-12-7-13-25-59)51-83-85(84)90(78)77-42-40-67(91-69-47-57-46-58(49-69)50-70(91)48-57)55-81(77)93(83)86-71(60-26-14-8-15-27-60)34-22-35-72(86)61-28-16-9-17-29-61/h7-45,51-58,69-70H,46-50H2,1-6H3/i7D,8D,9D,10D,11D,12D,13D,14D,15D,16D,17D,18D,19D,20D,21D,24D,25D,26D,27D,28D,29D,30D,31D,32D,33D. The van der Waals surface area contributed by atoms with E-state index in [9.17, 15) is 27.4 Å². The Balaban J connectivity index is 1.09. The van der Waals surface area contributed by atoms with Crippen molar-refractivity contribution in [2.75, 3.05) is 14.7 Å². The van der Waals surface area contributed by atoms with Gasteiger partial charge >= 0.3 is 0 Å². The normalized spacial score (nSPS) is 21.5. The molecule has 0 unspecified atom stereocenters. The number of rotatable bonds is 9. The number of nitrogens with zero attached hydrogens (tertiary/aromatic N) is 4. The average molecular weight is 1240 g/mol. The molecular formula is C89H77BN4. The minimum Gasteiger partial charge on any atom is -0.365 e. The maximum absolute atomic E-state index is 10.0. The summed E-state index contributed by atoms with van der Waals surface area (Å²) in [4.78, 5) is 5.91. The van der Waals surface area contributed by atoms with Crippen LogP contribution in [0.2, 0.25) is 0 Å². The van der Waals surface area contributed by atoms with Crippen LogP contribution in [0.1, 0.15) is 119 Å². The van der Waals surface area contributed by atoms with Crippen LogP contribution in [0.25, 0.3) is 83.1 Å². The van der Waals surface area contributed by atoms with Gasteiger partial charge in [-0.3, -0.25) is 0 Å². The van der Waals surface area contributed by atoms with Gasteiger partial charge < -0.3 is 19.3 Å². The van der Waals surface area contributed by atoms with Crippen LogP contribution in [0.5, 0.6) is 0 Å². The zero-order valence-corrected chi connectivity index (χ0v) is 52.8. The molecule has 4 bridgehead atoms. The largest absolute Gasteiger partial charge is 0.365 e. The molecule has 2 saturated heterocycles. The van der Waals surface area contributed by atoms with Crippen LogP contribution >= 0.6 is 0 Å². The van der Waals surface area contributed by atoms with Gasteiger partial charge in [0.2, 0.25) is 0 Å². The zero-order chi connectivity index (χ0) is 84.9. The molecule has 2 saturated carbocycles. The van der Waals surface area contributed by atoms with Gasteiger partial charge in [-0.15, -0.1) is 0 Å². The van der Waals surface area contributed by atoms with E-state index < -0.39 is 169 Å². The highest BCUT2D eigenvalue weighted by Crippen LogP contribution is 2.56. The Morgan fingerprint density at radius 3 is 1.13 bits per heavy atom. The Morgan fingerprint density at radius 2 is 0.734 bits per heavy atom. The highest BCUT2D eigenvalue weighted by Gasteiger charge is 2.49. The van der Waals surface area contributed by atoms with Crippen molar-refractivity contribution >= 4 is 84.7 Å². The number of hydrogen-bond acceptors (Lipinski definition) is 3. The summed E-state index contributed by atoms with van der Waals surface area (Å²) in [5.41, 5.74) is 3.64. The summed E-state index contributed by atoms with van der Waals surface area (Å²) in [6, 6.07) is 19.1. The molecule has 12 aromatic carbocycles. The van der Waals surface area contributed by atoms with Crippen LogP contribution in [0.4, 0.5) is 39.8 Å². The molecule has 1 aromatic heterocycles. The first kappa shape index (κ1) is 36.4. The topological polar surface area (TPSA) is 14.7 Å². The number of piperidine rings is 2. The van der Waals surface area contributed by atoms with Gasteiger partial charge in [0.1, 0.15) is 0 Å². The van der Waals surface area contributed by atoms with Crippen molar-refractivity contribution in [1.29, 1.82) is 0 Å². The predicted octanol–water partition coefficient (Wildman–Crippen LogP) is 21.6. The molecule has 0 amide bonds. The molecule has 19 rings (SSSR count). The molecule has 94 heavy (non-hydrogen) atoms. The third kappa shape index (κ3) is 9.16. The van der Waals surface area contributed by atoms with E-state index in [-0.39, 0.29) is 101 Å². The van der Waals surface area contributed by atoms with E-state index in [4.69, 9.17) is 6.85 Å². The zero-order valence-electron chi connectivity index (χ0n) is 77.8. The second kappa shape index (κ2) is 21.8. The summed E-state index contributed by atoms with van der Waals surface area (Å²) in [5.74, 6) is 0.971. The average Bonchev–Trinajstić information content (AvgIpc) is 1.16. The molecule has 0 radical (unpaired) electrons. The molecule has 4 fully saturated rings. The van der Waals surface area contributed by atoms with Gasteiger partial charge in [-0.05, 0) is 176 Å². The molecule has 0 spiro atoms. The third-order valence-electron chi connectivity index (χ3n) is 20.4. The Bertz CT molecular complexity index is 6300. The van der Waals surface area contributed by atoms with E-state index in [0.29, 0.717) is 34.1 Å². The lowest BCUT2D eigenvalue weighted by Gasteiger charge is -2.57. The highest BCUT2D eigenvalue weighted by molar-refractivity contribution is 7.00. The molecule has 456 valence electrons. The van der Waals surface area contributed by atoms with E-state index in [0.717, 1.165) is 70.7 Å². The number of para-hydroxylation sites is 2. The highest BCUT2D eigenvalue weighted by atomic mass is 15.2. The fourth-order valence-corrected chi connectivity index (χ4v) is 16.4. The van der Waals surface area contributed by atoms with Gasteiger partial charge in [-0.1, -0.05) is 253 Å². The number of aromatic nitrogens is 1. The van der Waals surface area contributed by atoms with Crippen LogP contribution in [0, 0.1) is 11.8 Å².